The van der Waals surface area contributed by atoms with Gasteiger partial charge in [0.1, 0.15) is 5.75 Å². The van der Waals surface area contributed by atoms with Crippen molar-refractivity contribution in [1.82, 2.24) is 14.5 Å². The first kappa shape index (κ1) is 21.6. The van der Waals surface area contributed by atoms with Gasteiger partial charge in [-0.15, -0.1) is 13.2 Å². The molecular formula is C21H16F3N5O2S. The Kier molecular flexibility index (Phi) is 5.71. The third-order valence-corrected chi connectivity index (χ3v) is 5.64. The third kappa shape index (κ3) is 4.65. The summed E-state index contributed by atoms with van der Waals surface area (Å²) in [5.74, 6) is 0.111. The lowest BCUT2D eigenvalue weighted by atomic mass is 10.1. The van der Waals surface area contributed by atoms with Crippen molar-refractivity contribution in [2.75, 3.05) is 5.32 Å². The highest BCUT2D eigenvalue weighted by Crippen LogP contribution is 2.33. The Morgan fingerprint density at radius 3 is 2.78 bits per heavy atom. The number of ether oxygens (including phenoxy) is 1. The molecule has 164 valence electrons. The van der Waals surface area contributed by atoms with Gasteiger partial charge in [-0.25, -0.2) is 9.97 Å². The predicted octanol–water partition coefficient (Wildman–Crippen LogP) is 5.70. The number of carbonyl (C=O) groups is 1. The van der Waals surface area contributed by atoms with Crippen molar-refractivity contribution in [1.29, 1.82) is 5.26 Å². The molecule has 0 aliphatic rings. The molecule has 0 amide bonds. The number of rotatable bonds is 7. The first-order valence-electron chi connectivity index (χ1n) is 9.53. The lowest BCUT2D eigenvalue weighted by Gasteiger charge is -2.07. The highest BCUT2D eigenvalue weighted by Gasteiger charge is 2.31. The van der Waals surface area contributed by atoms with E-state index in [4.69, 9.17) is 5.26 Å². The van der Waals surface area contributed by atoms with Crippen LogP contribution in [0.15, 0.2) is 36.4 Å². The maximum absolute atomic E-state index is 12.4. The van der Waals surface area contributed by atoms with Crippen LogP contribution in [-0.4, -0.2) is 26.7 Å². The monoisotopic (exact) mass is 459 g/mol. The average molecular weight is 459 g/mol. The van der Waals surface area contributed by atoms with E-state index < -0.39 is 6.36 Å². The number of nitriles is 1. The lowest BCUT2D eigenvalue weighted by molar-refractivity contribution is -0.274. The van der Waals surface area contributed by atoms with E-state index in [1.54, 1.807) is 29.8 Å². The summed E-state index contributed by atoms with van der Waals surface area (Å²) < 4.78 is 43.6. The zero-order valence-electron chi connectivity index (χ0n) is 16.7. The number of unbranched alkanes of at least 4 members (excludes halogenated alkanes) is 1. The number of hydrogen-bond acceptors (Lipinski definition) is 7. The van der Waals surface area contributed by atoms with Gasteiger partial charge in [-0.3, -0.25) is 4.79 Å². The van der Waals surface area contributed by atoms with Crippen molar-refractivity contribution >= 4 is 49.4 Å². The molecule has 0 saturated carbocycles. The molecule has 0 aliphatic heterocycles. The molecular weight excluding hydrogens is 443 g/mol. The van der Waals surface area contributed by atoms with Crippen molar-refractivity contribution in [3.05, 3.63) is 42.0 Å². The molecule has 0 bridgehead atoms. The quantitative estimate of drug-likeness (QED) is 0.281. The molecule has 0 aliphatic carbocycles. The Morgan fingerprint density at radius 1 is 1.22 bits per heavy atom. The van der Waals surface area contributed by atoms with E-state index in [-0.39, 0.29) is 11.5 Å². The summed E-state index contributed by atoms with van der Waals surface area (Å²) in [6.45, 7) is 0. The van der Waals surface area contributed by atoms with Gasteiger partial charge in [-0.1, -0.05) is 11.3 Å². The van der Waals surface area contributed by atoms with E-state index >= 15 is 0 Å². The molecule has 1 N–H and O–H groups in total. The van der Waals surface area contributed by atoms with Gasteiger partial charge in [-0.2, -0.15) is 5.26 Å². The largest absolute Gasteiger partial charge is 0.573 e. The summed E-state index contributed by atoms with van der Waals surface area (Å²) in [5.41, 5.74) is 2.46. The van der Waals surface area contributed by atoms with Crippen LogP contribution < -0.4 is 10.1 Å². The van der Waals surface area contributed by atoms with Crippen molar-refractivity contribution < 1.29 is 22.7 Å². The highest BCUT2D eigenvalue weighted by molar-refractivity contribution is 7.22. The van der Waals surface area contributed by atoms with Crippen LogP contribution in [0.25, 0.3) is 21.3 Å². The molecule has 2 aromatic carbocycles. The molecule has 4 rings (SSSR count). The van der Waals surface area contributed by atoms with Gasteiger partial charge in [0, 0.05) is 31.5 Å². The van der Waals surface area contributed by atoms with Gasteiger partial charge in [0.2, 0.25) is 5.95 Å². The normalized spacial score (nSPS) is 11.6. The number of alkyl halides is 3. The van der Waals surface area contributed by atoms with E-state index in [0.29, 0.717) is 51.6 Å². The highest BCUT2D eigenvalue weighted by atomic mass is 32.1. The number of Topliss-reactive ketones (excluding diaryl/α,β-unsaturated/α-hetero) is 1. The van der Waals surface area contributed by atoms with E-state index in [9.17, 15) is 18.0 Å². The number of fused-ring (bicyclic) bond motifs is 2. The number of ketones is 1. The topological polar surface area (TPSA) is 92.8 Å². The lowest BCUT2D eigenvalue weighted by Crippen LogP contribution is -2.16. The Labute approximate surface area is 184 Å². The summed E-state index contributed by atoms with van der Waals surface area (Å²) in [5, 5.41) is 12.2. The molecule has 2 aromatic heterocycles. The second-order valence-electron chi connectivity index (χ2n) is 6.95. The van der Waals surface area contributed by atoms with Gasteiger partial charge in [-0.05, 0) is 36.8 Å². The summed E-state index contributed by atoms with van der Waals surface area (Å²) in [7, 11) is 1.80. The molecule has 0 radical (unpaired) electrons. The van der Waals surface area contributed by atoms with Crippen LogP contribution in [0.3, 0.4) is 0 Å². The Bertz CT molecular complexity index is 1350. The van der Waals surface area contributed by atoms with Crippen LogP contribution in [0.2, 0.25) is 0 Å². The van der Waals surface area contributed by atoms with Crippen molar-refractivity contribution in [2.45, 2.75) is 25.6 Å². The number of nitrogens with zero attached hydrogens (tertiary/aromatic N) is 4. The number of nitrogens with one attached hydrogen (secondary N) is 1. The summed E-state index contributed by atoms with van der Waals surface area (Å²) in [6.07, 6.45) is -3.63. The minimum absolute atomic E-state index is 0.0506. The van der Waals surface area contributed by atoms with Crippen LogP contribution in [-0.2, 0) is 7.05 Å². The van der Waals surface area contributed by atoms with E-state index in [1.165, 1.54) is 29.5 Å². The Hall–Kier alpha value is -3.65. The van der Waals surface area contributed by atoms with E-state index in [2.05, 4.69) is 20.0 Å². The number of anilines is 2. The Morgan fingerprint density at radius 2 is 2.03 bits per heavy atom. The van der Waals surface area contributed by atoms with Crippen molar-refractivity contribution in [2.24, 2.45) is 7.05 Å². The zero-order valence-corrected chi connectivity index (χ0v) is 17.5. The molecule has 32 heavy (non-hydrogen) atoms. The fraction of sp³-hybridized carbons (Fsp3) is 0.238. The number of benzene rings is 2. The van der Waals surface area contributed by atoms with Crippen LogP contribution in [0.4, 0.5) is 24.3 Å². The van der Waals surface area contributed by atoms with Crippen LogP contribution in [0.1, 0.15) is 29.6 Å². The first-order valence-corrected chi connectivity index (χ1v) is 10.3. The van der Waals surface area contributed by atoms with Crippen molar-refractivity contribution in [3.8, 4) is 11.8 Å². The summed E-state index contributed by atoms with van der Waals surface area (Å²) in [6, 6.07) is 11.2. The Balaban J connectivity index is 1.57. The fourth-order valence-electron chi connectivity index (χ4n) is 3.21. The maximum atomic E-state index is 12.4. The number of imidazole rings is 1. The molecule has 11 heteroatoms. The van der Waals surface area contributed by atoms with Crippen molar-refractivity contribution in [3.63, 3.8) is 0 Å². The zero-order chi connectivity index (χ0) is 22.9. The molecule has 7 nitrogen and oxygen atoms in total. The molecule has 0 unspecified atom stereocenters. The van der Waals surface area contributed by atoms with Gasteiger partial charge in [0.15, 0.2) is 10.9 Å². The summed E-state index contributed by atoms with van der Waals surface area (Å²) >= 11 is 1.17. The minimum atomic E-state index is -4.76. The second kappa shape index (κ2) is 8.47. The molecule has 2 heterocycles. The maximum Gasteiger partial charge on any atom is 0.573 e. The first-order chi connectivity index (χ1) is 15.2. The molecule has 0 saturated heterocycles. The standard InChI is InChI=1S/C21H16F3N5O2S/c1-29-16-8-5-12(17(30)4-2-3-9-25)10-15(16)26-19(29)28-20-27-14-7-6-13(11-18(14)32-20)31-21(22,23)24/h5-8,10-11H,2-4H2,1H3,(H,26,27,28). The number of hydrogen-bond donors (Lipinski definition) is 1. The molecule has 4 aromatic rings. The average Bonchev–Trinajstić information content (AvgIpc) is 3.26. The van der Waals surface area contributed by atoms with Gasteiger partial charge in [0.05, 0.1) is 27.3 Å². The molecule has 0 fully saturated rings. The number of carbonyl (C=O) groups excluding carboxylic acids is 1. The van der Waals surface area contributed by atoms with E-state index in [0.717, 1.165) is 5.52 Å². The third-order valence-electron chi connectivity index (χ3n) is 4.71. The SMILES string of the molecule is Cn1c(Nc2nc3ccc(OC(F)(F)F)cc3s2)nc2cc(C(=O)CCCC#N)ccc21. The molecule has 0 atom stereocenters. The van der Waals surface area contributed by atoms with Gasteiger partial charge in [0.25, 0.3) is 0 Å². The van der Waals surface area contributed by atoms with Crippen LogP contribution >= 0.6 is 11.3 Å². The number of thiazole rings is 1. The predicted molar refractivity (Wildman–Crippen MR) is 114 cm³/mol. The smallest absolute Gasteiger partial charge is 0.406 e. The number of halogens is 3. The van der Waals surface area contributed by atoms with Gasteiger partial charge >= 0.3 is 6.36 Å². The minimum Gasteiger partial charge on any atom is -0.406 e. The van der Waals surface area contributed by atoms with Crippen LogP contribution in [0.5, 0.6) is 5.75 Å². The van der Waals surface area contributed by atoms with Gasteiger partial charge < -0.3 is 14.6 Å². The molecule has 0 spiro atoms. The summed E-state index contributed by atoms with van der Waals surface area (Å²) in [4.78, 5) is 21.2. The van der Waals surface area contributed by atoms with E-state index in [1.807, 2.05) is 6.07 Å². The fourth-order valence-corrected chi connectivity index (χ4v) is 4.10. The number of aryl methyl sites for hydroxylation is 1. The number of aromatic nitrogens is 3. The second-order valence-corrected chi connectivity index (χ2v) is 7.98. The van der Waals surface area contributed by atoms with Crippen LogP contribution in [0, 0.1) is 11.3 Å².